The number of hydrogen-bond donors (Lipinski definition) is 2. The van der Waals surface area contributed by atoms with Gasteiger partial charge in [-0.05, 0) is 58.2 Å². The van der Waals surface area contributed by atoms with Crippen molar-refractivity contribution >= 4 is 33.2 Å². The summed E-state index contributed by atoms with van der Waals surface area (Å²) in [6, 6.07) is 9.41. The molecule has 104 valence electrons. The van der Waals surface area contributed by atoms with E-state index in [1.807, 2.05) is 13.0 Å². The number of halogens is 2. The van der Waals surface area contributed by atoms with Crippen LogP contribution in [-0.2, 0) is 11.2 Å². The Morgan fingerprint density at radius 2 is 1.95 bits per heavy atom. The summed E-state index contributed by atoms with van der Waals surface area (Å²) in [5.41, 5.74) is 8.75. The Hall–Kier alpha value is -1.88. The molecule has 0 atom stereocenters. The predicted octanol–water partition coefficient (Wildman–Crippen LogP) is 3.66. The first-order valence-corrected chi connectivity index (χ1v) is 6.85. The number of carbonyl (C=O) groups is 1. The second-order valence-electron chi connectivity index (χ2n) is 4.54. The minimum absolute atomic E-state index is 0.180. The van der Waals surface area contributed by atoms with Crippen molar-refractivity contribution in [3.05, 3.63) is 57.8 Å². The fraction of sp³-hybridized carbons (Fsp3) is 0.133. The SMILES string of the molecule is Cc1cc(Br)c(NC(=O)Cc2ccc(F)cc2)cc1N. The van der Waals surface area contributed by atoms with Gasteiger partial charge in [-0.25, -0.2) is 4.39 Å². The number of amides is 1. The van der Waals surface area contributed by atoms with Crippen molar-refractivity contribution in [2.45, 2.75) is 13.3 Å². The number of nitrogens with one attached hydrogen (secondary N) is 1. The zero-order valence-electron chi connectivity index (χ0n) is 10.9. The van der Waals surface area contributed by atoms with Crippen LogP contribution >= 0.6 is 15.9 Å². The van der Waals surface area contributed by atoms with Crippen molar-refractivity contribution in [3.63, 3.8) is 0 Å². The average molecular weight is 337 g/mol. The molecular weight excluding hydrogens is 323 g/mol. The summed E-state index contributed by atoms with van der Waals surface area (Å²) in [6.45, 7) is 1.89. The molecule has 0 aliphatic carbocycles. The van der Waals surface area contributed by atoms with Gasteiger partial charge in [-0.15, -0.1) is 0 Å². The molecule has 0 saturated heterocycles. The van der Waals surface area contributed by atoms with E-state index in [4.69, 9.17) is 5.73 Å². The second kappa shape index (κ2) is 6.05. The van der Waals surface area contributed by atoms with E-state index in [0.29, 0.717) is 11.4 Å². The Morgan fingerprint density at radius 1 is 1.30 bits per heavy atom. The number of rotatable bonds is 3. The molecule has 0 aromatic heterocycles. The van der Waals surface area contributed by atoms with Crippen LogP contribution in [0.25, 0.3) is 0 Å². The summed E-state index contributed by atoms with van der Waals surface area (Å²) >= 11 is 3.38. The molecule has 3 N–H and O–H groups in total. The Balaban J connectivity index is 2.08. The molecule has 0 bridgehead atoms. The molecule has 0 unspecified atom stereocenters. The highest BCUT2D eigenvalue weighted by Crippen LogP contribution is 2.27. The van der Waals surface area contributed by atoms with Gasteiger partial charge in [0.25, 0.3) is 0 Å². The number of nitrogens with two attached hydrogens (primary N) is 1. The third-order valence-electron chi connectivity index (χ3n) is 2.91. The Kier molecular flexibility index (Phi) is 4.39. The predicted molar refractivity (Wildman–Crippen MR) is 82.0 cm³/mol. The van der Waals surface area contributed by atoms with E-state index in [2.05, 4.69) is 21.2 Å². The Labute approximate surface area is 125 Å². The fourth-order valence-electron chi connectivity index (χ4n) is 1.77. The van der Waals surface area contributed by atoms with Crippen LogP contribution in [0.5, 0.6) is 0 Å². The van der Waals surface area contributed by atoms with E-state index in [1.54, 1.807) is 18.2 Å². The van der Waals surface area contributed by atoms with E-state index < -0.39 is 0 Å². The van der Waals surface area contributed by atoms with Gasteiger partial charge in [0, 0.05) is 10.2 Å². The number of aryl methyl sites for hydroxylation is 1. The van der Waals surface area contributed by atoms with Crippen molar-refractivity contribution in [2.24, 2.45) is 0 Å². The summed E-state index contributed by atoms with van der Waals surface area (Å²) in [5, 5.41) is 2.78. The van der Waals surface area contributed by atoms with Crippen LogP contribution in [0.3, 0.4) is 0 Å². The molecule has 0 spiro atoms. The molecule has 0 radical (unpaired) electrons. The van der Waals surface area contributed by atoms with E-state index in [1.165, 1.54) is 12.1 Å². The van der Waals surface area contributed by atoms with Crippen LogP contribution in [0.1, 0.15) is 11.1 Å². The number of benzene rings is 2. The molecule has 0 saturated carbocycles. The maximum absolute atomic E-state index is 12.8. The number of carbonyl (C=O) groups excluding carboxylic acids is 1. The lowest BCUT2D eigenvalue weighted by Crippen LogP contribution is -2.15. The minimum atomic E-state index is -0.316. The van der Waals surface area contributed by atoms with Crippen molar-refractivity contribution in [2.75, 3.05) is 11.1 Å². The first-order valence-electron chi connectivity index (χ1n) is 6.05. The minimum Gasteiger partial charge on any atom is -0.398 e. The Bertz CT molecular complexity index is 641. The van der Waals surface area contributed by atoms with Gasteiger partial charge < -0.3 is 11.1 Å². The smallest absolute Gasteiger partial charge is 0.228 e. The number of hydrogen-bond acceptors (Lipinski definition) is 2. The maximum atomic E-state index is 12.8. The van der Waals surface area contributed by atoms with Crippen LogP contribution in [0, 0.1) is 12.7 Å². The topological polar surface area (TPSA) is 55.1 Å². The van der Waals surface area contributed by atoms with Crippen LogP contribution in [-0.4, -0.2) is 5.91 Å². The second-order valence-corrected chi connectivity index (χ2v) is 5.39. The quantitative estimate of drug-likeness (QED) is 0.840. The molecule has 1 amide bonds. The van der Waals surface area contributed by atoms with E-state index >= 15 is 0 Å². The molecule has 0 aliphatic rings. The van der Waals surface area contributed by atoms with Gasteiger partial charge in [0.15, 0.2) is 0 Å². The van der Waals surface area contributed by atoms with Gasteiger partial charge in [0.05, 0.1) is 12.1 Å². The first kappa shape index (κ1) is 14.5. The summed E-state index contributed by atoms with van der Waals surface area (Å²) < 4.78 is 13.6. The molecule has 20 heavy (non-hydrogen) atoms. The van der Waals surface area contributed by atoms with Gasteiger partial charge in [0.2, 0.25) is 5.91 Å². The normalized spacial score (nSPS) is 10.3. The van der Waals surface area contributed by atoms with Crippen molar-refractivity contribution in [3.8, 4) is 0 Å². The van der Waals surface area contributed by atoms with Crippen molar-refractivity contribution < 1.29 is 9.18 Å². The van der Waals surface area contributed by atoms with Gasteiger partial charge in [-0.3, -0.25) is 4.79 Å². The molecule has 0 fully saturated rings. The highest BCUT2D eigenvalue weighted by molar-refractivity contribution is 9.10. The highest BCUT2D eigenvalue weighted by Gasteiger charge is 2.08. The Morgan fingerprint density at radius 3 is 2.60 bits per heavy atom. The van der Waals surface area contributed by atoms with Gasteiger partial charge in [0.1, 0.15) is 5.82 Å². The molecule has 3 nitrogen and oxygen atoms in total. The number of anilines is 2. The van der Waals surface area contributed by atoms with Crippen molar-refractivity contribution in [1.82, 2.24) is 0 Å². The van der Waals surface area contributed by atoms with E-state index in [0.717, 1.165) is 15.6 Å². The standard InChI is InChI=1S/C15H14BrFN2O/c1-9-6-12(16)14(8-13(9)18)19-15(20)7-10-2-4-11(17)5-3-10/h2-6,8H,7,18H2,1H3,(H,19,20). The molecule has 2 aromatic rings. The van der Waals surface area contributed by atoms with Crippen LogP contribution in [0.15, 0.2) is 40.9 Å². The van der Waals surface area contributed by atoms with Crippen LogP contribution in [0.4, 0.5) is 15.8 Å². The van der Waals surface area contributed by atoms with Crippen molar-refractivity contribution in [1.29, 1.82) is 0 Å². The third kappa shape index (κ3) is 3.57. The molecule has 0 aliphatic heterocycles. The summed E-state index contributed by atoms with van der Waals surface area (Å²) in [7, 11) is 0. The monoisotopic (exact) mass is 336 g/mol. The third-order valence-corrected chi connectivity index (χ3v) is 3.56. The lowest BCUT2D eigenvalue weighted by atomic mass is 10.1. The van der Waals surface area contributed by atoms with Crippen LogP contribution in [0.2, 0.25) is 0 Å². The lowest BCUT2D eigenvalue weighted by molar-refractivity contribution is -0.115. The summed E-state index contributed by atoms with van der Waals surface area (Å²) in [4.78, 5) is 11.9. The van der Waals surface area contributed by atoms with E-state index in [9.17, 15) is 9.18 Å². The zero-order valence-corrected chi connectivity index (χ0v) is 12.5. The molecule has 0 heterocycles. The molecule has 2 rings (SSSR count). The lowest BCUT2D eigenvalue weighted by Gasteiger charge is -2.10. The van der Waals surface area contributed by atoms with Gasteiger partial charge in [-0.1, -0.05) is 12.1 Å². The van der Waals surface area contributed by atoms with E-state index in [-0.39, 0.29) is 18.1 Å². The van der Waals surface area contributed by atoms with Gasteiger partial charge in [-0.2, -0.15) is 0 Å². The average Bonchev–Trinajstić information content (AvgIpc) is 2.39. The zero-order chi connectivity index (χ0) is 14.7. The highest BCUT2D eigenvalue weighted by atomic mass is 79.9. The van der Waals surface area contributed by atoms with Crippen LogP contribution < -0.4 is 11.1 Å². The fourth-order valence-corrected chi connectivity index (χ4v) is 2.32. The summed E-state index contributed by atoms with van der Waals surface area (Å²) in [5.74, 6) is -0.497. The summed E-state index contributed by atoms with van der Waals surface area (Å²) in [6.07, 6.45) is 0.181. The molecule has 5 heteroatoms. The molecular formula is C15H14BrFN2O. The first-order chi connectivity index (χ1) is 9.45. The number of nitrogen functional groups attached to an aromatic ring is 1. The van der Waals surface area contributed by atoms with Gasteiger partial charge >= 0.3 is 0 Å². The maximum Gasteiger partial charge on any atom is 0.228 e. The largest absolute Gasteiger partial charge is 0.398 e. The molecule has 2 aromatic carbocycles.